The Morgan fingerprint density at radius 1 is 1.14 bits per heavy atom. The highest BCUT2D eigenvalue weighted by Gasteiger charge is 2.17. The van der Waals surface area contributed by atoms with Gasteiger partial charge >= 0.3 is 0 Å². The van der Waals surface area contributed by atoms with Crippen molar-refractivity contribution in [3.05, 3.63) is 53.6 Å². The summed E-state index contributed by atoms with van der Waals surface area (Å²) in [5.74, 6) is 1.07. The van der Waals surface area contributed by atoms with Crippen LogP contribution in [-0.4, -0.2) is 31.2 Å². The number of rotatable bonds is 4. The molecule has 0 bridgehead atoms. The molecular formula is C22H27N3O2S. The fraction of sp³-hybridized carbons (Fsp3) is 0.364. The topological polar surface area (TPSA) is 53.6 Å². The van der Waals surface area contributed by atoms with Gasteiger partial charge in [0, 0.05) is 24.5 Å². The highest BCUT2D eigenvalue weighted by atomic mass is 32.1. The molecule has 28 heavy (non-hydrogen) atoms. The lowest BCUT2D eigenvalue weighted by Gasteiger charge is -2.32. The zero-order chi connectivity index (χ0) is 20.1. The molecule has 2 aromatic carbocycles. The number of piperidine rings is 1. The van der Waals surface area contributed by atoms with Gasteiger partial charge in [-0.15, -0.1) is 0 Å². The average molecular weight is 398 g/mol. The predicted octanol–water partition coefficient (Wildman–Crippen LogP) is 4.37. The normalized spacial score (nSPS) is 14.5. The third-order valence-electron chi connectivity index (χ3n) is 5.16. The Hall–Kier alpha value is -2.60. The third kappa shape index (κ3) is 4.81. The molecule has 5 nitrogen and oxygen atoms in total. The number of aryl methyl sites for hydroxylation is 1. The number of nitrogens with one attached hydrogen (secondary N) is 2. The van der Waals surface area contributed by atoms with Gasteiger partial charge in [0.15, 0.2) is 5.11 Å². The molecule has 0 saturated carbocycles. The van der Waals surface area contributed by atoms with Gasteiger partial charge in [-0.3, -0.25) is 10.1 Å². The van der Waals surface area contributed by atoms with Crippen molar-refractivity contribution in [1.82, 2.24) is 5.32 Å². The van der Waals surface area contributed by atoms with Gasteiger partial charge in [-0.2, -0.15) is 0 Å². The van der Waals surface area contributed by atoms with Crippen LogP contribution in [0.4, 0.5) is 11.4 Å². The molecule has 1 aliphatic rings. The first kappa shape index (κ1) is 20.1. The average Bonchev–Trinajstić information content (AvgIpc) is 2.69. The molecular weight excluding hydrogens is 370 g/mol. The minimum absolute atomic E-state index is 0.258. The fourth-order valence-corrected chi connectivity index (χ4v) is 3.67. The number of nitrogens with zero attached hydrogens (tertiary/aromatic N) is 1. The fourth-order valence-electron chi connectivity index (χ4n) is 3.46. The third-order valence-corrected chi connectivity index (χ3v) is 5.37. The van der Waals surface area contributed by atoms with Gasteiger partial charge in [-0.1, -0.05) is 19.1 Å². The molecule has 148 valence electrons. The van der Waals surface area contributed by atoms with Crippen LogP contribution >= 0.6 is 12.2 Å². The van der Waals surface area contributed by atoms with Crippen molar-refractivity contribution in [3.63, 3.8) is 0 Å². The Balaban J connectivity index is 1.59. The Kier molecular flexibility index (Phi) is 6.52. The smallest absolute Gasteiger partial charge is 0.261 e. The van der Waals surface area contributed by atoms with E-state index < -0.39 is 0 Å². The van der Waals surface area contributed by atoms with Crippen molar-refractivity contribution in [3.8, 4) is 5.75 Å². The first-order chi connectivity index (χ1) is 13.5. The standard InChI is InChI=1S/C22H27N3O2S/c1-15-11-13-25(14-12-15)18-9-7-17(8-10-18)23-22(28)24-21(26)19-6-4-5-16(2)20(19)27-3/h4-10,15H,11-14H2,1-3H3,(H2,23,24,26,28). The maximum atomic E-state index is 12.5. The highest BCUT2D eigenvalue weighted by Crippen LogP contribution is 2.25. The number of carbonyl (C=O) groups is 1. The van der Waals surface area contributed by atoms with E-state index in [1.807, 2.05) is 31.2 Å². The Labute approximate surface area is 172 Å². The molecule has 1 fully saturated rings. The van der Waals surface area contributed by atoms with Crippen molar-refractivity contribution in [2.45, 2.75) is 26.7 Å². The molecule has 6 heteroatoms. The second-order valence-electron chi connectivity index (χ2n) is 7.28. The van der Waals surface area contributed by atoms with E-state index >= 15 is 0 Å². The summed E-state index contributed by atoms with van der Waals surface area (Å²) in [6.45, 7) is 6.41. The van der Waals surface area contributed by atoms with Crippen molar-refractivity contribution in [1.29, 1.82) is 0 Å². The van der Waals surface area contributed by atoms with E-state index in [9.17, 15) is 4.79 Å². The summed E-state index contributed by atoms with van der Waals surface area (Å²) >= 11 is 5.30. The van der Waals surface area contributed by atoms with Crippen LogP contribution in [0.2, 0.25) is 0 Å². The zero-order valence-electron chi connectivity index (χ0n) is 16.6. The van der Waals surface area contributed by atoms with Gasteiger partial charge in [0.05, 0.1) is 12.7 Å². The van der Waals surface area contributed by atoms with E-state index in [-0.39, 0.29) is 11.0 Å². The van der Waals surface area contributed by atoms with E-state index in [2.05, 4.69) is 34.6 Å². The largest absolute Gasteiger partial charge is 0.496 e. The number of benzene rings is 2. The zero-order valence-corrected chi connectivity index (χ0v) is 17.4. The van der Waals surface area contributed by atoms with Crippen molar-refractivity contribution in [2.24, 2.45) is 5.92 Å². The van der Waals surface area contributed by atoms with Crippen LogP contribution in [0.3, 0.4) is 0 Å². The first-order valence-corrected chi connectivity index (χ1v) is 9.99. The number of methoxy groups -OCH3 is 1. The number of para-hydroxylation sites is 1. The van der Waals surface area contributed by atoms with Crippen LogP contribution in [0.1, 0.15) is 35.7 Å². The lowest BCUT2D eigenvalue weighted by molar-refractivity contribution is 0.0974. The van der Waals surface area contributed by atoms with E-state index in [1.54, 1.807) is 13.2 Å². The lowest BCUT2D eigenvalue weighted by Crippen LogP contribution is -2.34. The number of hydrogen-bond acceptors (Lipinski definition) is 4. The Morgan fingerprint density at radius 3 is 2.46 bits per heavy atom. The van der Waals surface area contributed by atoms with E-state index in [0.29, 0.717) is 11.3 Å². The molecule has 1 saturated heterocycles. The number of amides is 1. The highest BCUT2D eigenvalue weighted by molar-refractivity contribution is 7.80. The number of carbonyl (C=O) groups excluding carboxylic acids is 1. The second-order valence-corrected chi connectivity index (χ2v) is 7.69. The van der Waals surface area contributed by atoms with Gasteiger partial charge < -0.3 is 15.0 Å². The van der Waals surface area contributed by atoms with Gasteiger partial charge in [-0.25, -0.2) is 0 Å². The summed E-state index contributed by atoms with van der Waals surface area (Å²) in [7, 11) is 1.56. The Bertz CT molecular complexity index is 843. The predicted molar refractivity (Wildman–Crippen MR) is 118 cm³/mol. The molecule has 2 aromatic rings. The van der Waals surface area contributed by atoms with Gasteiger partial charge in [0.25, 0.3) is 5.91 Å². The lowest BCUT2D eigenvalue weighted by atomic mass is 9.99. The molecule has 1 aliphatic heterocycles. The summed E-state index contributed by atoms with van der Waals surface area (Å²) in [5.41, 5.74) is 3.42. The van der Waals surface area contributed by atoms with Gasteiger partial charge in [-0.05, 0) is 73.8 Å². The van der Waals surface area contributed by atoms with E-state index in [4.69, 9.17) is 17.0 Å². The number of anilines is 2. The van der Waals surface area contributed by atoms with Crippen LogP contribution < -0.4 is 20.3 Å². The van der Waals surface area contributed by atoms with Crippen molar-refractivity contribution in [2.75, 3.05) is 30.4 Å². The molecule has 0 unspecified atom stereocenters. The second kappa shape index (κ2) is 9.06. The maximum absolute atomic E-state index is 12.5. The first-order valence-electron chi connectivity index (χ1n) is 9.59. The summed E-state index contributed by atoms with van der Waals surface area (Å²) in [4.78, 5) is 14.9. The van der Waals surface area contributed by atoms with Crippen LogP contribution in [-0.2, 0) is 0 Å². The van der Waals surface area contributed by atoms with Gasteiger partial charge in [0.2, 0.25) is 0 Å². The number of ether oxygens (including phenoxy) is 1. The summed E-state index contributed by atoms with van der Waals surface area (Å²) < 4.78 is 5.35. The SMILES string of the molecule is COc1c(C)cccc1C(=O)NC(=S)Nc1ccc(N2CCC(C)CC2)cc1. The molecule has 1 amide bonds. The molecule has 0 aliphatic carbocycles. The number of hydrogen-bond donors (Lipinski definition) is 2. The van der Waals surface area contributed by atoms with E-state index in [0.717, 1.165) is 30.3 Å². The summed E-state index contributed by atoms with van der Waals surface area (Å²) in [6.07, 6.45) is 2.47. The quantitative estimate of drug-likeness (QED) is 0.751. The van der Waals surface area contributed by atoms with Crippen molar-refractivity contribution < 1.29 is 9.53 Å². The van der Waals surface area contributed by atoms with Crippen LogP contribution in [0.5, 0.6) is 5.75 Å². The van der Waals surface area contributed by atoms with Crippen LogP contribution in [0, 0.1) is 12.8 Å². The van der Waals surface area contributed by atoms with E-state index in [1.165, 1.54) is 18.5 Å². The van der Waals surface area contributed by atoms with Crippen molar-refractivity contribution >= 4 is 34.6 Å². The summed E-state index contributed by atoms with van der Waals surface area (Å²) in [5, 5.41) is 6.05. The summed E-state index contributed by atoms with van der Waals surface area (Å²) in [6, 6.07) is 13.6. The molecule has 3 rings (SSSR count). The van der Waals surface area contributed by atoms with Crippen LogP contribution in [0.15, 0.2) is 42.5 Å². The molecule has 1 heterocycles. The molecule has 0 spiro atoms. The number of thiocarbonyl (C=S) groups is 1. The molecule has 0 atom stereocenters. The van der Waals surface area contributed by atoms with Crippen LogP contribution in [0.25, 0.3) is 0 Å². The maximum Gasteiger partial charge on any atom is 0.261 e. The molecule has 0 radical (unpaired) electrons. The van der Waals surface area contributed by atoms with Gasteiger partial charge in [0.1, 0.15) is 5.75 Å². The minimum Gasteiger partial charge on any atom is -0.496 e. The minimum atomic E-state index is -0.294. The molecule has 2 N–H and O–H groups in total. The monoisotopic (exact) mass is 397 g/mol. The Morgan fingerprint density at radius 2 is 1.82 bits per heavy atom. The molecule has 0 aromatic heterocycles.